The van der Waals surface area contributed by atoms with Gasteiger partial charge in [0.2, 0.25) is 0 Å². The number of pyridine rings is 1. The summed E-state index contributed by atoms with van der Waals surface area (Å²) < 4.78 is 24.0. The Morgan fingerprint density at radius 1 is 1.16 bits per heavy atom. The van der Waals surface area contributed by atoms with Gasteiger partial charge >= 0.3 is 0 Å². The summed E-state index contributed by atoms with van der Waals surface area (Å²) in [7, 11) is -3.06. The van der Waals surface area contributed by atoms with Gasteiger partial charge in [0.05, 0.1) is 38.3 Å². The third kappa shape index (κ3) is 3.97. The number of nitrogens with one attached hydrogen (secondary N) is 1. The lowest BCUT2D eigenvalue weighted by molar-refractivity contribution is 0.0687. The van der Waals surface area contributed by atoms with Gasteiger partial charge in [0.1, 0.15) is 5.82 Å². The molecule has 11 heteroatoms. The van der Waals surface area contributed by atoms with Gasteiger partial charge < -0.3 is 10.2 Å². The van der Waals surface area contributed by atoms with Gasteiger partial charge in [-0.05, 0) is 38.8 Å². The number of hydrogen-bond donors (Lipinski definition) is 1. The van der Waals surface area contributed by atoms with Crippen LogP contribution in [-0.2, 0) is 9.84 Å². The first kappa shape index (κ1) is 20.5. The first-order valence-electron chi connectivity index (χ1n) is 9.95. The summed E-state index contributed by atoms with van der Waals surface area (Å²) in [6.07, 6.45) is 3.03. The highest BCUT2D eigenvalue weighted by Gasteiger charge is 2.45. The third-order valence-electron chi connectivity index (χ3n) is 5.63. The number of thiazole rings is 2. The molecular formula is C20H21N5O3S3. The summed E-state index contributed by atoms with van der Waals surface area (Å²) in [6.45, 7) is 3.96. The molecule has 2 aliphatic rings. The summed E-state index contributed by atoms with van der Waals surface area (Å²) in [5.74, 6) is 0.578. The fourth-order valence-corrected chi connectivity index (χ4v) is 7.96. The van der Waals surface area contributed by atoms with Crippen LogP contribution >= 0.6 is 22.7 Å². The highest BCUT2D eigenvalue weighted by molar-refractivity contribution is 7.91. The van der Waals surface area contributed by atoms with Crippen molar-refractivity contribution in [1.82, 2.24) is 19.9 Å². The minimum atomic E-state index is -3.06. The average molecular weight is 476 g/mol. The van der Waals surface area contributed by atoms with E-state index in [-0.39, 0.29) is 29.5 Å². The van der Waals surface area contributed by atoms with E-state index in [2.05, 4.69) is 20.3 Å². The van der Waals surface area contributed by atoms with Crippen LogP contribution in [0.5, 0.6) is 0 Å². The minimum absolute atomic E-state index is 0.0629. The number of rotatable bonds is 4. The van der Waals surface area contributed by atoms with Gasteiger partial charge in [0, 0.05) is 23.7 Å². The van der Waals surface area contributed by atoms with Crippen LogP contribution in [0.2, 0.25) is 0 Å². The second kappa shape index (κ2) is 7.64. The molecule has 0 radical (unpaired) electrons. The number of fused-ring (bicyclic) bond motifs is 2. The van der Waals surface area contributed by atoms with Crippen LogP contribution in [0.15, 0.2) is 23.7 Å². The number of carbonyl (C=O) groups excluding carboxylic acids is 1. The highest BCUT2D eigenvalue weighted by Crippen LogP contribution is 2.34. The van der Waals surface area contributed by atoms with Crippen molar-refractivity contribution >= 4 is 49.4 Å². The zero-order valence-corrected chi connectivity index (χ0v) is 19.5. The van der Waals surface area contributed by atoms with E-state index in [9.17, 15) is 13.2 Å². The van der Waals surface area contributed by atoms with E-state index in [1.807, 2.05) is 19.2 Å². The van der Waals surface area contributed by atoms with Crippen LogP contribution in [0.25, 0.3) is 10.6 Å². The number of anilines is 2. The Balaban J connectivity index is 1.29. The van der Waals surface area contributed by atoms with Crippen LogP contribution in [0.1, 0.15) is 33.9 Å². The van der Waals surface area contributed by atoms with E-state index in [1.54, 1.807) is 34.6 Å². The van der Waals surface area contributed by atoms with Crippen LogP contribution in [0, 0.1) is 13.8 Å². The SMILES string of the molecule is Cc1nc(C)c(-c2csc(Nc3ccc(C(=O)N4[C@@H]5CC[C@H]4CS(=O)(=O)C5)cn3)n2)s1. The van der Waals surface area contributed by atoms with Crippen LogP contribution < -0.4 is 5.32 Å². The summed E-state index contributed by atoms with van der Waals surface area (Å²) in [4.78, 5) is 29.3. The normalized spacial score (nSPS) is 21.9. The van der Waals surface area contributed by atoms with Gasteiger partial charge in [-0.15, -0.1) is 22.7 Å². The van der Waals surface area contributed by atoms with Gasteiger partial charge in [-0.1, -0.05) is 0 Å². The smallest absolute Gasteiger partial charge is 0.255 e. The topological polar surface area (TPSA) is 105 Å². The van der Waals surface area contributed by atoms with E-state index >= 15 is 0 Å². The van der Waals surface area contributed by atoms with E-state index in [0.29, 0.717) is 16.5 Å². The molecule has 3 aromatic heterocycles. The van der Waals surface area contributed by atoms with E-state index in [4.69, 9.17) is 0 Å². The zero-order chi connectivity index (χ0) is 21.8. The molecule has 1 amide bonds. The summed E-state index contributed by atoms with van der Waals surface area (Å²) >= 11 is 3.10. The number of aromatic nitrogens is 3. The second-order valence-corrected chi connectivity index (χ2v) is 12.1. The maximum absolute atomic E-state index is 13.0. The molecule has 2 bridgehead atoms. The molecule has 2 aliphatic heterocycles. The van der Waals surface area contributed by atoms with Crippen molar-refractivity contribution in [2.75, 3.05) is 16.8 Å². The minimum Gasteiger partial charge on any atom is -0.331 e. The highest BCUT2D eigenvalue weighted by atomic mass is 32.2. The summed E-state index contributed by atoms with van der Waals surface area (Å²) in [5.41, 5.74) is 2.33. The van der Waals surface area contributed by atoms with Crippen LogP contribution in [0.4, 0.5) is 10.9 Å². The Hall–Kier alpha value is -2.37. The number of aryl methyl sites for hydroxylation is 2. The number of carbonyl (C=O) groups is 1. The van der Waals surface area contributed by atoms with Crippen molar-refractivity contribution in [3.05, 3.63) is 40.0 Å². The van der Waals surface area contributed by atoms with Crippen LogP contribution in [-0.4, -0.2) is 57.8 Å². The Labute approximate surface area is 188 Å². The Morgan fingerprint density at radius 2 is 1.90 bits per heavy atom. The van der Waals surface area contributed by atoms with E-state index in [1.165, 1.54) is 11.3 Å². The maximum Gasteiger partial charge on any atom is 0.255 e. The van der Waals surface area contributed by atoms with E-state index in [0.717, 1.165) is 34.1 Å². The molecule has 0 aromatic carbocycles. The largest absolute Gasteiger partial charge is 0.331 e. The molecule has 0 unspecified atom stereocenters. The quantitative estimate of drug-likeness (QED) is 0.616. The van der Waals surface area contributed by atoms with Crippen molar-refractivity contribution in [2.24, 2.45) is 0 Å². The van der Waals surface area contributed by atoms with Gasteiger partial charge in [-0.2, -0.15) is 0 Å². The third-order valence-corrected chi connectivity index (χ3v) is 9.27. The fourth-order valence-electron chi connectivity index (χ4n) is 4.33. The van der Waals surface area contributed by atoms with Crippen LogP contribution in [0.3, 0.4) is 0 Å². The van der Waals surface area contributed by atoms with Crippen molar-refractivity contribution < 1.29 is 13.2 Å². The monoisotopic (exact) mass is 475 g/mol. The summed E-state index contributed by atoms with van der Waals surface area (Å²) in [6, 6.07) is 3.04. The number of hydrogen-bond acceptors (Lipinski definition) is 9. The molecule has 5 heterocycles. The standard InChI is InChI=1S/C20H21N5O3S3/c1-11-18(30-12(2)22-11)16-8-29-20(23-16)24-17-6-3-13(7-21-17)19(26)25-14-4-5-15(25)10-31(27,28)9-14/h3,6-8,14-15H,4-5,9-10H2,1-2H3,(H,21,23,24)/t14-,15+. The molecular weight excluding hydrogens is 454 g/mol. The molecule has 2 atom stereocenters. The molecule has 2 saturated heterocycles. The number of amides is 1. The molecule has 3 aromatic rings. The predicted octanol–water partition coefficient (Wildman–Crippen LogP) is 3.42. The van der Waals surface area contributed by atoms with Gasteiger partial charge in [0.15, 0.2) is 15.0 Å². The van der Waals surface area contributed by atoms with Crippen molar-refractivity contribution in [2.45, 2.75) is 38.8 Å². The number of nitrogens with zero attached hydrogens (tertiary/aromatic N) is 4. The van der Waals surface area contributed by atoms with Gasteiger partial charge in [-0.25, -0.2) is 23.4 Å². The molecule has 1 N–H and O–H groups in total. The Kier molecular flexibility index (Phi) is 5.06. The first-order valence-corrected chi connectivity index (χ1v) is 13.5. The first-order chi connectivity index (χ1) is 14.8. The molecule has 2 fully saturated rings. The summed E-state index contributed by atoms with van der Waals surface area (Å²) in [5, 5.41) is 6.89. The molecule has 0 saturated carbocycles. The maximum atomic E-state index is 13.0. The molecule has 5 rings (SSSR count). The Morgan fingerprint density at radius 3 is 2.52 bits per heavy atom. The van der Waals surface area contributed by atoms with Gasteiger partial charge in [0.25, 0.3) is 5.91 Å². The fraction of sp³-hybridized carbons (Fsp3) is 0.400. The lowest BCUT2D eigenvalue weighted by Crippen LogP contribution is -2.51. The van der Waals surface area contributed by atoms with E-state index < -0.39 is 9.84 Å². The average Bonchev–Trinajstić information content (AvgIpc) is 3.38. The van der Waals surface area contributed by atoms with Crippen molar-refractivity contribution in [3.63, 3.8) is 0 Å². The molecule has 162 valence electrons. The van der Waals surface area contributed by atoms with Crippen molar-refractivity contribution in [3.8, 4) is 10.6 Å². The van der Waals surface area contributed by atoms with Gasteiger partial charge in [-0.3, -0.25) is 4.79 Å². The lowest BCUT2D eigenvalue weighted by Gasteiger charge is -2.34. The molecule has 0 aliphatic carbocycles. The predicted molar refractivity (Wildman–Crippen MR) is 122 cm³/mol. The molecule has 0 spiro atoms. The molecule has 8 nitrogen and oxygen atoms in total. The second-order valence-electron chi connectivity index (χ2n) is 7.92. The molecule has 31 heavy (non-hydrogen) atoms. The zero-order valence-electron chi connectivity index (χ0n) is 17.0. The van der Waals surface area contributed by atoms with Crippen molar-refractivity contribution in [1.29, 1.82) is 0 Å². The Bertz CT molecular complexity index is 1230. The lowest BCUT2D eigenvalue weighted by atomic mass is 10.2. The number of sulfone groups is 1.